The third kappa shape index (κ3) is 5.81. The number of imidazole rings is 1. The van der Waals surface area contributed by atoms with Gasteiger partial charge < -0.3 is 25.1 Å². The molecule has 1 fully saturated rings. The van der Waals surface area contributed by atoms with Crippen LogP contribution in [0.4, 0.5) is 4.39 Å². The molecular formula is C33H41ClFN7O2. The summed E-state index contributed by atoms with van der Waals surface area (Å²) in [7, 11) is 1.94. The zero-order chi connectivity index (χ0) is 31.2. The molecule has 0 aliphatic carbocycles. The number of aryl methyl sites for hydroxylation is 2. The molecule has 234 valence electrons. The van der Waals surface area contributed by atoms with Gasteiger partial charge in [0.25, 0.3) is 5.91 Å². The van der Waals surface area contributed by atoms with Crippen molar-refractivity contribution in [3.05, 3.63) is 46.6 Å². The quantitative estimate of drug-likeness (QED) is 0.267. The van der Waals surface area contributed by atoms with Crippen molar-refractivity contribution in [2.45, 2.75) is 84.1 Å². The van der Waals surface area contributed by atoms with Crippen LogP contribution in [-0.2, 0) is 18.4 Å². The minimum Gasteiger partial charge on any atom is -0.348 e. The highest BCUT2D eigenvalue weighted by Crippen LogP contribution is 2.33. The monoisotopic (exact) mass is 621 g/mol. The number of pyridine rings is 1. The van der Waals surface area contributed by atoms with Gasteiger partial charge in [0.1, 0.15) is 11.8 Å². The van der Waals surface area contributed by atoms with Crippen molar-refractivity contribution in [1.29, 1.82) is 0 Å². The first-order valence-corrected chi connectivity index (χ1v) is 16.0. The Kier molecular flexibility index (Phi) is 8.41. The Labute approximate surface area is 261 Å². The fourth-order valence-corrected chi connectivity index (χ4v) is 6.64. The molecule has 4 aromatic rings. The summed E-state index contributed by atoms with van der Waals surface area (Å²) in [6.45, 7) is 7.76. The standard InChI is InChI=1S/C33H41ClFN7O2/c1-19-24-10-9-20-15-28(42(29(20)38-24)14-8-6-5-7-12-33(2,3)32(44)37-19)30-39-25-16-21(22(34)17-27(25)41(30)4)31(43)40-26-18-36-13-11-23(26)35/h9-10,15-17,19,23,26,36H,5-8,11-14,18H2,1-4H3,(H,37,44)(H,40,43)/t19-,23+,26+/m1/s1. The second kappa shape index (κ2) is 12.1. The van der Waals surface area contributed by atoms with Crippen LogP contribution >= 0.6 is 11.6 Å². The lowest BCUT2D eigenvalue weighted by Crippen LogP contribution is -2.52. The number of halogens is 2. The second-order valence-electron chi connectivity index (χ2n) is 13.0. The van der Waals surface area contributed by atoms with E-state index in [2.05, 4.69) is 32.7 Å². The van der Waals surface area contributed by atoms with Crippen LogP contribution in [0.15, 0.2) is 30.3 Å². The summed E-state index contributed by atoms with van der Waals surface area (Å²) >= 11 is 6.62. The summed E-state index contributed by atoms with van der Waals surface area (Å²) in [4.78, 5) is 36.3. The Hall–Kier alpha value is -3.50. The van der Waals surface area contributed by atoms with Crippen molar-refractivity contribution in [2.75, 3.05) is 13.1 Å². The topological polar surface area (TPSA) is 106 Å². The molecule has 3 aromatic heterocycles. The normalized spacial score (nSPS) is 23.0. The van der Waals surface area contributed by atoms with Crippen LogP contribution in [0.3, 0.4) is 0 Å². The van der Waals surface area contributed by atoms with Gasteiger partial charge in [-0.15, -0.1) is 0 Å². The third-order valence-electron chi connectivity index (χ3n) is 9.26. The lowest BCUT2D eigenvalue weighted by Gasteiger charge is -2.27. The van der Waals surface area contributed by atoms with Crippen molar-refractivity contribution >= 4 is 45.5 Å². The van der Waals surface area contributed by atoms with E-state index in [0.29, 0.717) is 25.0 Å². The molecule has 0 saturated carbocycles. The number of fused-ring (bicyclic) bond motifs is 2. The fourth-order valence-electron chi connectivity index (χ4n) is 6.39. The molecule has 5 heterocycles. The summed E-state index contributed by atoms with van der Waals surface area (Å²) in [6.07, 6.45) is 4.15. The average Bonchev–Trinajstić information content (AvgIpc) is 3.51. The summed E-state index contributed by atoms with van der Waals surface area (Å²) < 4.78 is 18.6. The second-order valence-corrected chi connectivity index (χ2v) is 13.4. The van der Waals surface area contributed by atoms with Crippen LogP contribution in [0.1, 0.15) is 81.4 Å². The van der Waals surface area contributed by atoms with Gasteiger partial charge in [0.2, 0.25) is 5.91 Å². The van der Waals surface area contributed by atoms with E-state index in [1.165, 1.54) is 0 Å². The molecule has 2 amide bonds. The Bertz CT molecular complexity index is 1730. The van der Waals surface area contributed by atoms with E-state index < -0.39 is 23.5 Å². The fraction of sp³-hybridized carbons (Fsp3) is 0.515. The molecule has 2 aliphatic heterocycles. The molecule has 1 saturated heterocycles. The smallest absolute Gasteiger partial charge is 0.253 e. The summed E-state index contributed by atoms with van der Waals surface area (Å²) in [5.41, 5.74) is 3.83. The number of carbonyl (C=O) groups is 2. The number of benzene rings is 1. The number of piperidine rings is 1. The molecule has 0 unspecified atom stereocenters. The van der Waals surface area contributed by atoms with E-state index in [0.717, 1.165) is 72.4 Å². The van der Waals surface area contributed by atoms with Gasteiger partial charge in [-0.05, 0) is 63.1 Å². The number of carbonyl (C=O) groups excluding carboxylic acids is 2. The first kappa shape index (κ1) is 30.5. The maximum Gasteiger partial charge on any atom is 0.253 e. The number of amides is 2. The summed E-state index contributed by atoms with van der Waals surface area (Å²) in [6, 6.07) is 8.73. The Balaban J connectivity index is 1.38. The molecule has 9 nitrogen and oxygen atoms in total. The van der Waals surface area contributed by atoms with E-state index in [1.807, 2.05) is 38.5 Å². The van der Waals surface area contributed by atoms with Crippen LogP contribution in [0.5, 0.6) is 0 Å². The molecular weight excluding hydrogens is 581 g/mol. The van der Waals surface area contributed by atoms with Gasteiger partial charge >= 0.3 is 0 Å². The highest BCUT2D eigenvalue weighted by Gasteiger charge is 2.30. The van der Waals surface area contributed by atoms with E-state index in [4.69, 9.17) is 21.6 Å². The van der Waals surface area contributed by atoms with Gasteiger partial charge in [-0.3, -0.25) is 9.59 Å². The average molecular weight is 622 g/mol. The van der Waals surface area contributed by atoms with Gasteiger partial charge in [-0.25, -0.2) is 14.4 Å². The van der Waals surface area contributed by atoms with Crippen LogP contribution in [0.2, 0.25) is 5.02 Å². The number of hydrogen-bond donors (Lipinski definition) is 3. The number of rotatable bonds is 3. The van der Waals surface area contributed by atoms with Gasteiger partial charge in [-0.2, -0.15) is 0 Å². The van der Waals surface area contributed by atoms with Gasteiger partial charge in [0.15, 0.2) is 5.82 Å². The lowest BCUT2D eigenvalue weighted by molar-refractivity contribution is -0.130. The van der Waals surface area contributed by atoms with Crippen molar-refractivity contribution in [1.82, 2.24) is 35.1 Å². The number of nitrogens with one attached hydrogen (secondary N) is 3. The van der Waals surface area contributed by atoms with E-state index in [1.54, 1.807) is 12.1 Å². The summed E-state index contributed by atoms with van der Waals surface area (Å²) in [5.74, 6) is 0.369. The Morgan fingerprint density at radius 3 is 2.73 bits per heavy atom. The van der Waals surface area contributed by atoms with Crippen molar-refractivity contribution in [3.8, 4) is 11.5 Å². The van der Waals surface area contributed by atoms with Crippen LogP contribution in [0, 0.1) is 5.41 Å². The summed E-state index contributed by atoms with van der Waals surface area (Å²) in [5, 5.41) is 10.4. The van der Waals surface area contributed by atoms with E-state index >= 15 is 0 Å². The predicted molar refractivity (Wildman–Crippen MR) is 172 cm³/mol. The molecule has 11 heteroatoms. The Morgan fingerprint density at radius 2 is 1.93 bits per heavy atom. The SMILES string of the molecule is C[C@H]1NC(=O)C(C)(C)CCCCCCn2c(-c3nc4cc(C(=O)N[C@H]5CNCC[C@@H]5F)c(Cl)cc4n3C)cc3ccc1nc32. The molecule has 3 atom stereocenters. The number of aromatic nitrogens is 4. The predicted octanol–water partition coefficient (Wildman–Crippen LogP) is 5.84. The number of hydrogen-bond acceptors (Lipinski definition) is 5. The minimum absolute atomic E-state index is 0.0476. The van der Waals surface area contributed by atoms with Gasteiger partial charge in [0.05, 0.1) is 45.1 Å². The molecule has 0 spiro atoms. The molecule has 44 heavy (non-hydrogen) atoms. The largest absolute Gasteiger partial charge is 0.348 e. The van der Waals surface area contributed by atoms with Crippen molar-refractivity contribution in [3.63, 3.8) is 0 Å². The lowest BCUT2D eigenvalue weighted by atomic mass is 9.85. The first-order chi connectivity index (χ1) is 21.0. The highest BCUT2D eigenvalue weighted by molar-refractivity contribution is 6.34. The maximum absolute atomic E-state index is 14.4. The van der Waals surface area contributed by atoms with Crippen molar-refractivity contribution < 1.29 is 14.0 Å². The maximum atomic E-state index is 14.4. The molecule has 2 aliphatic rings. The van der Waals surface area contributed by atoms with Crippen LogP contribution < -0.4 is 16.0 Å². The molecule has 6 rings (SSSR count). The van der Waals surface area contributed by atoms with E-state index in [-0.39, 0.29) is 22.5 Å². The number of nitrogens with zero attached hydrogens (tertiary/aromatic N) is 4. The van der Waals surface area contributed by atoms with Crippen molar-refractivity contribution in [2.24, 2.45) is 12.5 Å². The van der Waals surface area contributed by atoms with E-state index in [9.17, 15) is 14.0 Å². The zero-order valence-electron chi connectivity index (χ0n) is 25.8. The minimum atomic E-state index is -1.10. The zero-order valence-corrected chi connectivity index (χ0v) is 26.6. The Morgan fingerprint density at radius 1 is 1.14 bits per heavy atom. The molecule has 2 bridgehead atoms. The molecule has 3 N–H and O–H groups in total. The van der Waals surface area contributed by atoms with Gasteiger partial charge in [-0.1, -0.05) is 44.7 Å². The third-order valence-corrected chi connectivity index (χ3v) is 9.58. The highest BCUT2D eigenvalue weighted by atomic mass is 35.5. The van der Waals surface area contributed by atoms with Crippen LogP contribution in [-0.4, -0.2) is 56.2 Å². The first-order valence-electron chi connectivity index (χ1n) is 15.7. The molecule has 0 radical (unpaired) electrons. The van der Waals surface area contributed by atoms with Crippen LogP contribution in [0.25, 0.3) is 33.6 Å². The van der Waals surface area contributed by atoms with Gasteiger partial charge in [0, 0.05) is 30.9 Å². The number of alkyl halides is 1. The molecule has 1 aromatic carbocycles.